The lowest BCUT2D eigenvalue weighted by Gasteiger charge is -2.10. The lowest BCUT2D eigenvalue weighted by molar-refractivity contribution is 0.111. The lowest BCUT2D eigenvalue weighted by atomic mass is 10.0. The second-order valence-electron chi connectivity index (χ2n) is 3.05. The van der Waals surface area contributed by atoms with Gasteiger partial charge in [-0.2, -0.15) is 0 Å². The van der Waals surface area contributed by atoms with Crippen LogP contribution >= 0.6 is 0 Å². The predicted molar refractivity (Wildman–Crippen MR) is 54.0 cm³/mol. The van der Waals surface area contributed by atoms with Crippen molar-refractivity contribution in [1.29, 1.82) is 0 Å². The number of carbonyl (C=O) groups is 1. The van der Waals surface area contributed by atoms with Crippen LogP contribution in [0.2, 0.25) is 0 Å². The molecule has 0 saturated carbocycles. The maximum atomic E-state index is 10.8. The number of aldehydes is 1. The van der Waals surface area contributed by atoms with Crippen molar-refractivity contribution >= 4 is 6.29 Å². The zero-order chi connectivity index (χ0) is 10.6. The van der Waals surface area contributed by atoms with Gasteiger partial charge < -0.3 is 9.84 Å². The van der Waals surface area contributed by atoms with Gasteiger partial charge in [0.2, 0.25) is 0 Å². The third-order valence-electron chi connectivity index (χ3n) is 2.13. The number of phenols is 1. The van der Waals surface area contributed by atoms with Crippen LogP contribution in [-0.4, -0.2) is 18.5 Å². The van der Waals surface area contributed by atoms with Gasteiger partial charge in [-0.25, -0.2) is 0 Å². The van der Waals surface area contributed by atoms with E-state index in [-0.39, 0.29) is 5.75 Å². The van der Waals surface area contributed by atoms with E-state index < -0.39 is 0 Å². The third kappa shape index (κ3) is 1.87. The molecule has 0 aliphatic carbocycles. The van der Waals surface area contributed by atoms with Gasteiger partial charge in [-0.05, 0) is 18.6 Å². The Bertz CT molecular complexity index is 332. The van der Waals surface area contributed by atoms with Crippen molar-refractivity contribution in [2.75, 3.05) is 7.11 Å². The highest BCUT2D eigenvalue weighted by Gasteiger charge is 2.11. The van der Waals surface area contributed by atoms with Crippen LogP contribution in [0, 0.1) is 0 Å². The first-order valence-electron chi connectivity index (χ1n) is 4.58. The van der Waals surface area contributed by atoms with Gasteiger partial charge in [-0.15, -0.1) is 0 Å². The fraction of sp³-hybridized carbons (Fsp3) is 0.364. The molecule has 0 aliphatic heterocycles. The number of aromatic hydroxyl groups is 1. The summed E-state index contributed by atoms with van der Waals surface area (Å²) in [5.74, 6) is 0.677. The Morgan fingerprint density at radius 3 is 2.71 bits per heavy atom. The summed E-state index contributed by atoms with van der Waals surface area (Å²) in [4.78, 5) is 10.8. The van der Waals surface area contributed by atoms with Gasteiger partial charge in [0.15, 0.2) is 6.29 Å². The summed E-state index contributed by atoms with van der Waals surface area (Å²) in [6, 6.07) is 3.15. The van der Waals surface area contributed by atoms with Crippen LogP contribution in [0.15, 0.2) is 12.1 Å². The molecule has 0 saturated heterocycles. The maximum absolute atomic E-state index is 10.8. The molecule has 0 atom stereocenters. The Morgan fingerprint density at radius 1 is 1.50 bits per heavy atom. The number of methoxy groups -OCH3 is 1. The molecule has 14 heavy (non-hydrogen) atoms. The minimum atomic E-state index is 0.0178. The van der Waals surface area contributed by atoms with Gasteiger partial charge >= 0.3 is 0 Å². The van der Waals surface area contributed by atoms with Crippen LogP contribution in [0.5, 0.6) is 11.5 Å². The monoisotopic (exact) mass is 194 g/mol. The molecule has 0 aromatic heterocycles. The Labute approximate surface area is 83.3 Å². The van der Waals surface area contributed by atoms with Gasteiger partial charge in [0, 0.05) is 5.56 Å². The van der Waals surface area contributed by atoms with E-state index in [1.807, 2.05) is 6.92 Å². The topological polar surface area (TPSA) is 46.5 Å². The fourth-order valence-electron chi connectivity index (χ4n) is 1.46. The molecular weight excluding hydrogens is 180 g/mol. The minimum absolute atomic E-state index is 0.0178. The van der Waals surface area contributed by atoms with Crippen LogP contribution in [0.25, 0.3) is 0 Å². The molecule has 1 rings (SSSR count). The molecule has 1 aromatic carbocycles. The Kier molecular flexibility index (Phi) is 3.51. The van der Waals surface area contributed by atoms with Crippen molar-refractivity contribution in [3.8, 4) is 11.5 Å². The number of carbonyl (C=O) groups excluding carboxylic acids is 1. The van der Waals surface area contributed by atoms with E-state index in [0.29, 0.717) is 17.6 Å². The number of hydrogen-bond donors (Lipinski definition) is 1. The van der Waals surface area contributed by atoms with E-state index in [2.05, 4.69) is 0 Å². The third-order valence-corrected chi connectivity index (χ3v) is 2.13. The largest absolute Gasteiger partial charge is 0.507 e. The van der Waals surface area contributed by atoms with Crippen LogP contribution in [0.3, 0.4) is 0 Å². The first-order valence-corrected chi connectivity index (χ1v) is 4.58. The van der Waals surface area contributed by atoms with Crippen LogP contribution in [0.4, 0.5) is 0 Å². The second kappa shape index (κ2) is 4.65. The van der Waals surface area contributed by atoms with Gasteiger partial charge in [0.05, 0.1) is 12.7 Å². The average molecular weight is 194 g/mol. The van der Waals surface area contributed by atoms with Gasteiger partial charge in [-0.1, -0.05) is 13.3 Å². The summed E-state index contributed by atoms with van der Waals surface area (Å²) in [6.07, 6.45) is 2.30. The van der Waals surface area contributed by atoms with Crippen molar-refractivity contribution in [2.24, 2.45) is 0 Å². The Hall–Kier alpha value is -1.51. The summed E-state index contributed by atoms with van der Waals surface area (Å²) in [5, 5.41) is 9.45. The molecule has 0 amide bonds. The molecular formula is C11H14O3. The van der Waals surface area contributed by atoms with Crippen LogP contribution in [0.1, 0.15) is 29.3 Å². The first kappa shape index (κ1) is 10.6. The summed E-state index contributed by atoms with van der Waals surface area (Å²) in [5.41, 5.74) is 1.12. The molecule has 3 nitrogen and oxygen atoms in total. The van der Waals surface area contributed by atoms with Crippen molar-refractivity contribution in [3.05, 3.63) is 23.3 Å². The van der Waals surface area contributed by atoms with Crippen molar-refractivity contribution in [2.45, 2.75) is 19.8 Å². The van der Waals surface area contributed by atoms with Crippen molar-refractivity contribution < 1.29 is 14.6 Å². The number of hydrogen-bond acceptors (Lipinski definition) is 3. The molecule has 76 valence electrons. The lowest BCUT2D eigenvalue weighted by Crippen LogP contribution is -1.97. The SMILES string of the molecule is CCCc1c(OC)ccc(O)c1C=O. The molecule has 0 fully saturated rings. The highest BCUT2D eigenvalue weighted by molar-refractivity contribution is 5.83. The summed E-state index contributed by atoms with van der Waals surface area (Å²) in [6.45, 7) is 2.01. The highest BCUT2D eigenvalue weighted by atomic mass is 16.5. The van der Waals surface area contributed by atoms with Gasteiger partial charge in [-0.3, -0.25) is 4.79 Å². The Balaban J connectivity index is 3.27. The van der Waals surface area contributed by atoms with E-state index in [0.717, 1.165) is 18.4 Å². The van der Waals surface area contributed by atoms with E-state index in [9.17, 15) is 9.90 Å². The van der Waals surface area contributed by atoms with Crippen molar-refractivity contribution in [1.82, 2.24) is 0 Å². The summed E-state index contributed by atoms with van der Waals surface area (Å²) < 4.78 is 5.13. The van der Waals surface area contributed by atoms with E-state index in [1.165, 1.54) is 6.07 Å². The standard InChI is InChI=1S/C11H14O3/c1-3-4-8-9(7-12)10(13)5-6-11(8)14-2/h5-7,13H,3-4H2,1-2H3. The molecule has 0 unspecified atom stereocenters. The van der Waals surface area contributed by atoms with Crippen LogP contribution < -0.4 is 4.74 Å². The Morgan fingerprint density at radius 2 is 2.21 bits per heavy atom. The zero-order valence-electron chi connectivity index (χ0n) is 8.41. The summed E-state index contributed by atoms with van der Waals surface area (Å²) >= 11 is 0. The van der Waals surface area contributed by atoms with E-state index in [1.54, 1.807) is 13.2 Å². The molecule has 3 heteroatoms. The fourth-order valence-corrected chi connectivity index (χ4v) is 1.46. The van der Waals surface area contributed by atoms with Crippen LogP contribution in [-0.2, 0) is 6.42 Å². The highest BCUT2D eigenvalue weighted by Crippen LogP contribution is 2.29. The van der Waals surface area contributed by atoms with Gasteiger partial charge in [0.1, 0.15) is 11.5 Å². The van der Waals surface area contributed by atoms with E-state index >= 15 is 0 Å². The molecule has 0 spiro atoms. The average Bonchev–Trinajstić information content (AvgIpc) is 2.19. The molecule has 1 N–H and O–H groups in total. The molecule has 0 heterocycles. The van der Waals surface area contributed by atoms with Gasteiger partial charge in [0.25, 0.3) is 0 Å². The maximum Gasteiger partial charge on any atom is 0.154 e. The molecule has 0 radical (unpaired) electrons. The molecule has 0 aliphatic rings. The molecule has 1 aromatic rings. The predicted octanol–water partition coefficient (Wildman–Crippen LogP) is 2.17. The smallest absolute Gasteiger partial charge is 0.154 e. The normalized spacial score (nSPS) is 9.86. The first-order chi connectivity index (χ1) is 6.74. The second-order valence-corrected chi connectivity index (χ2v) is 3.05. The van der Waals surface area contributed by atoms with E-state index in [4.69, 9.17) is 4.74 Å². The minimum Gasteiger partial charge on any atom is -0.507 e. The van der Waals surface area contributed by atoms with Crippen molar-refractivity contribution in [3.63, 3.8) is 0 Å². The zero-order valence-corrected chi connectivity index (χ0v) is 8.41. The molecule has 0 bridgehead atoms. The number of rotatable bonds is 4. The number of benzene rings is 1. The number of ether oxygens (including phenoxy) is 1. The number of phenolic OH excluding ortho intramolecular Hbond substituents is 1. The quantitative estimate of drug-likeness (QED) is 0.747. The summed E-state index contributed by atoms with van der Waals surface area (Å²) in [7, 11) is 1.56.